The fourth-order valence-electron chi connectivity index (χ4n) is 7.51. The molecule has 0 bridgehead atoms. The molecule has 0 unspecified atom stereocenters. The molecule has 2 atom stereocenters. The number of anilines is 1. The number of fused-ring (bicyclic) bond motifs is 3. The Morgan fingerprint density at radius 2 is 2.05 bits per heavy atom. The highest BCUT2D eigenvalue weighted by molar-refractivity contribution is 5.94. The Morgan fingerprint density at radius 1 is 1.19 bits per heavy atom. The van der Waals surface area contributed by atoms with E-state index in [1.165, 1.54) is 17.2 Å². The lowest BCUT2D eigenvalue weighted by molar-refractivity contribution is -0.128. The number of carbonyl (C=O) groups excluding carboxylic acids is 1. The summed E-state index contributed by atoms with van der Waals surface area (Å²) in [5, 5.41) is 0.602. The van der Waals surface area contributed by atoms with E-state index >= 15 is 4.39 Å². The molecule has 1 spiro atoms. The van der Waals surface area contributed by atoms with E-state index in [0.717, 1.165) is 50.6 Å². The number of likely N-dealkylation sites (N-methyl/N-ethyl adjacent to an activating group) is 1. The fourth-order valence-corrected chi connectivity index (χ4v) is 7.51. The summed E-state index contributed by atoms with van der Waals surface area (Å²) in [6.07, 6.45) is 8.00. The van der Waals surface area contributed by atoms with Gasteiger partial charge < -0.3 is 24.3 Å². The topological polar surface area (TPSA) is 66.2 Å². The van der Waals surface area contributed by atoms with E-state index in [9.17, 15) is 4.79 Å². The largest absolute Gasteiger partial charge is 0.462 e. The predicted molar refractivity (Wildman–Crippen MR) is 165 cm³/mol. The van der Waals surface area contributed by atoms with Crippen LogP contribution in [-0.2, 0) is 16.6 Å². The lowest BCUT2D eigenvalue weighted by Gasteiger charge is -2.39. The maximum absolute atomic E-state index is 16.2. The lowest BCUT2D eigenvalue weighted by Crippen LogP contribution is -2.56. The van der Waals surface area contributed by atoms with E-state index in [2.05, 4.69) is 35.5 Å². The van der Waals surface area contributed by atoms with Crippen LogP contribution in [0.2, 0.25) is 0 Å². The van der Waals surface area contributed by atoms with Crippen LogP contribution in [0.25, 0.3) is 26.9 Å². The molecular formula is C34H37FN6O2. The van der Waals surface area contributed by atoms with Gasteiger partial charge in [-0.1, -0.05) is 24.8 Å². The summed E-state index contributed by atoms with van der Waals surface area (Å²) >= 11 is 0. The number of hydrogen-bond acceptors (Lipinski definition) is 6. The second-order valence-corrected chi connectivity index (χ2v) is 12.6. The molecule has 43 heavy (non-hydrogen) atoms. The molecule has 3 aromatic rings. The van der Waals surface area contributed by atoms with Crippen molar-refractivity contribution in [3.63, 3.8) is 0 Å². The standard InChI is InChI=1S/C34H37FN6O2/c1-4-30(42)41-16-15-40(20-24(41)19-36-2)32-27-17-28(35)26(25-9-5-7-22-10-11-34(12-13-34)31(22)25)18-29(27)37-33(38-32)43-21-23-8-6-14-39(23)3/h4-5,7,9,17-18,23-24H,1,6,8,10-16,19-21H2,3H3/t23-,24-/m0/s1. The number of aryl methyl sites for hydroxylation is 1. The van der Waals surface area contributed by atoms with Gasteiger partial charge in [0.1, 0.15) is 24.3 Å². The molecule has 3 heterocycles. The SMILES string of the molecule is [C-]#[N+]C[C@H]1CN(c2nc(OC[C@@H]3CCCN3C)nc3cc(-c4cccc5c4C4(CC5)CC4)c(F)cc23)CCN1C(=O)C=C. The first-order chi connectivity index (χ1) is 20.9. The molecule has 1 saturated carbocycles. The van der Waals surface area contributed by atoms with E-state index < -0.39 is 0 Å². The van der Waals surface area contributed by atoms with Crippen molar-refractivity contribution in [3.8, 4) is 17.1 Å². The smallest absolute Gasteiger partial charge is 0.319 e. The monoisotopic (exact) mass is 580 g/mol. The Morgan fingerprint density at radius 3 is 2.79 bits per heavy atom. The summed E-state index contributed by atoms with van der Waals surface area (Å²) in [5.41, 5.74) is 5.01. The van der Waals surface area contributed by atoms with E-state index in [0.29, 0.717) is 54.6 Å². The van der Waals surface area contributed by atoms with E-state index in [-0.39, 0.29) is 35.7 Å². The average Bonchev–Trinajstić information content (AvgIpc) is 3.55. The van der Waals surface area contributed by atoms with Gasteiger partial charge in [-0.05, 0) is 92.4 Å². The molecule has 8 nitrogen and oxygen atoms in total. The second-order valence-electron chi connectivity index (χ2n) is 12.6. The van der Waals surface area contributed by atoms with Crippen LogP contribution < -0.4 is 9.64 Å². The Balaban J connectivity index is 1.31. The Kier molecular flexibility index (Phi) is 7.05. The molecule has 0 radical (unpaired) electrons. The molecule has 2 aliphatic carbocycles. The molecule has 1 aromatic heterocycles. The van der Waals surface area contributed by atoms with Crippen molar-refractivity contribution in [1.82, 2.24) is 19.8 Å². The second kappa shape index (κ2) is 10.9. The van der Waals surface area contributed by atoms with E-state index in [4.69, 9.17) is 21.3 Å². The molecular weight excluding hydrogens is 543 g/mol. The van der Waals surface area contributed by atoms with Crippen LogP contribution in [-0.4, -0.2) is 84.1 Å². The van der Waals surface area contributed by atoms with Gasteiger partial charge in [-0.2, -0.15) is 9.97 Å². The van der Waals surface area contributed by atoms with E-state index in [1.54, 1.807) is 11.0 Å². The molecule has 222 valence electrons. The zero-order valence-corrected chi connectivity index (χ0v) is 24.7. The van der Waals surface area contributed by atoms with Crippen molar-refractivity contribution >= 4 is 22.6 Å². The Hall–Kier alpha value is -4.03. The minimum atomic E-state index is -0.330. The summed E-state index contributed by atoms with van der Waals surface area (Å²) in [6, 6.07) is 9.94. The third-order valence-corrected chi connectivity index (χ3v) is 10.1. The zero-order valence-electron chi connectivity index (χ0n) is 24.7. The summed E-state index contributed by atoms with van der Waals surface area (Å²) in [5.74, 6) is 0.0841. The van der Waals surface area contributed by atoms with Crippen molar-refractivity contribution in [1.29, 1.82) is 0 Å². The summed E-state index contributed by atoms with van der Waals surface area (Å²) in [4.78, 5) is 31.8. The normalized spacial score (nSPS) is 22.5. The van der Waals surface area contributed by atoms with Gasteiger partial charge >= 0.3 is 6.01 Å². The van der Waals surface area contributed by atoms with Crippen molar-refractivity contribution < 1.29 is 13.9 Å². The number of amides is 1. The van der Waals surface area contributed by atoms with Gasteiger partial charge in [-0.3, -0.25) is 4.79 Å². The number of carbonyl (C=O) groups is 1. The highest BCUT2D eigenvalue weighted by atomic mass is 19.1. The average molecular weight is 581 g/mol. The summed E-state index contributed by atoms with van der Waals surface area (Å²) < 4.78 is 22.4. The Labute approximate surface area is 252 Å². The molecule has 2 saturated heterocycles. The number of benzene rings is 2. The lowest BCUT2D eigenvalue weighted by atomic mass is 9.89. The molecule has 2 aromatic carbocycles. The molecule has 3 fully saturated rings. The maximum atomic E-state index is 16.2. The van der Waals surface area contributed by atoms with Crippen molar-refractivity contribution in [3.05, 3.63) is 71.3 Å². The molecule has 9 heteroatoms. The number of rotatable bonds is 7. The van der Waals surface area contributed by atoms with Crippen molar-refractivity contribution in [2.24, 2.45) is 0 Å². The van der Waals surface area contributed by atoms with Crippen LogP contribution in [0.3, 0.4) is 0 Å². The highest BCUT2D eigenvalue weighted by Gasteiger charge is 2.49. The quantitative estimate of drug-likeness (QED) is 0.289. The maximum Gasteiger partial charge on any atom is 0.319 e. The summed E-state index contributed by atoms with van der Waals surface area (Å²) in [6.45, 7) is 14.1. The van der Waals surface area contributed by atoms with Crippen LogP contribution in [0.15, 0.2) is 43.0 Å². The number of halogens is 1. The van der Waals surface area contributed by atoms with Gasteiger partial charge in [0, 0.05) is 36.6 Å². The molecule has 0 N–H and O–H groups in total. The molecule has 7 rings (SSSR count). The van der Waals surface area contributed by atoms with E-state index in [1.807, 2.05) is 17.0 Å². The number of likely N-dealkylation sites (tertiary alicyclic amines) is 1. The van der Waals surface area contributed by atoms with Crippen molar-refractivity contribution in [2.75, 3.05) is 51.3 Å². The van der Waals surface area contributed by atoms with Gasteiger partial charge in [0.05, 0.1) is 5.52 Å². The minimum absolute atomic E-state index is 0.163. The molecule has 1 amide bonds. The first-order valence-electron chi connectivity index (χ1n) is 15.4. The third kappa shape index (κ3) is 4.92. The zero-order chi connectivity index (χ0) is 29.7. The number of ether oxygens (including phenoxy) is 1. The third-order valence-electron chi connectivity index (χ3n) is 10.1. The van der Waals surface area contributed by atoms with Crippen LogP contribution >= 0.6 is 0 Å². The van der Waals surface area contributed by atoms with Gasteiger partial charge in [0.25, 0.3) is 0 Å². The van der Waals surface area contributed by atoms with Gasteiger partial charge in [0.2, 0.25) is 12.5 Å². The molecule has 2 aliphatic heterocycles. The summed E-state index contributed by atoms with van der Waals surface area (Å²) in [7, 11) is 2.11. The number of nitrogens with zero attached hydrogens (tertiary/aromatic N) is 6. The van der Waals surface area contributed by atoms with Gasteiger partial charge in [-0.15, -0.1) is 0 Å². The number of piperazine rings is 1. The highest BCUT2D eigenvalue weighted by Crippen LogP contribution is 2.59. The van der Waals surface area contributed by atoms with Crippen molar-refractivity contribution in [2.45, 2.75) is 56.0 Å². The molecule has 4 aliphatic rings. The predicted octanol–water partition coefficient (Wildman–Crippen LogP) is 5.01. The first kappa shape index (κ1) is 27.8. The number of aromatic nitrogens is 2. The van der Waals surface area contributed by atoms with Gasteiger partial charge in [0.15, 0.2) is 0 Å². The number of hydrogen-bond donors (Lipinski definition) is 0. The minimum Gasteiger partial charge on any atom is -0.462 e. The van der Waals surface area contributed by atoms with Crippen LogP contribution in [0.1, 0.15) is 43.2 Å². The Bertz CT molecular complexity index is 1650. The van der Waals surface area contributed by atoms with Crippen LogP contribution in [0.5, 0.6) is 6.01 Å². The van der Waals surface area contributed by atoms with Crippen LogP contribution in [0, 0.1) is 12.4 Å². The fraction of sp³-hybridized carbons (Fsp3) is 0.471. The van der Waals surface area contributed by atoms with Gasteiger partial charge in [-0.25, -0.2) is 11.0 Å². The van der Waals surface area contributed by atoms with Crippen LogP contribution in [0.4, 0.5) is 10.2 Å². The first-order valence-corrected chi connectivity index (χ1v) is 15.4.